The van der Waals surface area contributed by atoms with Crippen molar-refractivity contribution in [2.24, 2.45) is 0 Å². The van der Waals surface area contributed by atoms with E-state index in [2.05, 4.69) is 13.0 Å². The summed E-state index contributed by atoms with van der Waals surface area (Å²) in [4.78, 5) is 10.3. The van der Waals surface area contributed by atoms with Crippen LogP contribution in [0.4, 0.5) is 0 Å². The highest BCUT2D eigenvalue weighted by atomic mass is 16.4. The zero-order valence-electron chi connectivity index (χ0n) is 13.5. The van der Waals surface area contributed by atoms with Crippen molar-refractivity contribution in [1.82, 2.24) is 0 Å². The predicted molar refractivity (Wildman–Crippen MR) is 88.4 cm³/mol. The van der Waals surface area contributed by atoms with E-state index in [1.54, 1.807) is 0 Å². The molecule has 2 N–H and O–H groups in total. The second kappa shape index (κ2) is 15.3. The van der Waals surface area contributed by atoms with E-state index in [-0.39, 0.29) is 6.10 Å². The summed E-state index contributed by atoms with van der Waals surface area (Å²) in [7, 11) is 0. The first-order chi connectivity index (χ1) is 10.2. The van der Waals surface area contributed by atoms with Gasteiger partial charge in [-0.3, -0.25) is 4.79 Å². The van der Waals surface area contributed by atoms with Crippen molar-refractivity contribution in [3.63, 3.8) is 0 Å². The normalized spacial score (nSPS) is 13.2. The maximum absolute atomic E-state index is 10.3. The summed E-state index contributed by atoms with van der Waals surface area (Å²) in [6.45, 7) is 2.16. The number of allylic oxidation sites excluding steroid dienone is 3. The molecule has 0 unspecified atom stereocenters. The lowest BCUT2D eigenvalue weighted by Crippen LogP contribution is -2.00. The number of aliphatic hydroxyl groups is 1. The summed E-state index contributed by atoms with van der Waals surface area (Å²) in [6, 6.07) is 0. The molecule has 0 aliphatic heterocycles. The van der Waals surface area contributed by atoms with Gasteiger partial charge in [-0.1, -0.05) is 69.8 Å². The van der Waals surface area contributed by atoms with Crippen LogP contribution in [0.1, 0.15) is 77.6 Å². The van der Waals surface area contributed by atoms with Gasteiger partial charge in [-0.05, 0) is 25.7 Å². The molecule has 0 rings (SSSR count). The lowest BCUT2D eigenvalue weighted by atomic mass is 10.1. The van der Waals surface area contributed by atoms with E-state index in [0.717, 1.165) is 51.4 Å². The highest BCUT2D eigenvalue weighted by molar-refractivity contribution is 5.66. The average molecular weight is 296 g/mol. The number of hydrogen-bond acceptors (Lipinski definition) is 2. The van der Waals surface area contributed by atoms with Crippen LogP contribution >= 0.6 is 0 Å². The van der Waals surface area contributed by atoms with Crippen LogP contribution < -0.4 is 0 Å². The number of carboxylic acids is 1. The smallest absolute Gasteiger partial charge is 0.303 e. The Morgan fingerprint density at radius 1 is 1.00 bits per heavy atom. The Balaban J connectivity index is 3.37. The van der Waals surface area contributed by atoms with Crippen molar-refractivity contribution >= 4 is 5.97 Å². The van der Waals surface area contributed by atoms with Gasteiger partial charge in [0.1, 0.15) is 0 Å². The van der Waals surface area contributed by atoms with Gasteiger partial charge in [-0.15, -0.1) is 0 Å². The number of carbonyl (C=O) groups is 1. The van der Waals surface area contributed by atoms with E-state index in [9.17, 15) is 9.90 Å². The van der Waals surface area contributed by atoms with Crippen LogP contribution in [0.3, 0.4) is 0 Å². The first-order valence-corrected chi connectivity index (χ1v) is 8.40. The molecule has 1 atom stereocenters. The van der Waals surface area contributed by atoms with Gasteiger partial charge in [0.15, 0.2) is 0 Å². The summed E-state index contributed by atoms with van der Waals surface area (Å²) in [5.74, 6) is -0.693. The van der Waals surface area contributed by atoms with E-state index in [0.29, 0.717) is 6.42 Å². The second-order valence-corrected chi connectivity index (χ2v) is 5.58. The number of unbranched alkanes of at least 4 members (excludes halogenated alkanes) is 7. The SMILES string of the molecule is CCCCC[C@H](O)C=CC=CCCCCCCCC(=O)O. The van der Waals surface area contributed by atoms with Gasteiger partial charge in [0.05, 0.1) is 6.10 Å². The summed E-state index contributed by atoms with van der Waals surface area (Å²) in [6.07, 6.45) is 18.5. The third-order valence-corrected chi connectivity index (χ3v) is 3.45. The van der Waals surface area contributed by atoms with Crippen LogP contribution in [0, 0.1) is 0 Å². The maximum atomic E-state index is 10.3. The summed E-state index contributed by atoms with van der Waals surface area (Å²) < 4.78 is 0. The standard InChI is InChI=1S/C18H32O3/c1-2-3-11-14-17(19)15-12-9-7-5-4-6-8-10-13-16-18(20)21/h7,9,12,15,17,19H,2-6,8,10-11,13-14,16H2,1H3,(H,20,21)/t17-/m0/s1. The first-order valence-electron chi connectivity index (χ1n) is 8.40. The maximum Gasteiger partial charge on any atom is 0.303 e. The van der Waals surface area contributed by atoms with Crippen LogP contribution in [0.2, 0.25) is 0 Å². The molecule has 0 amide bonds. The molecule has 0 aromatic heterocycles. The fraction of sp³-hybridized carbons (Fsp3) is 0.722. The van der Waals surface area contributed by atoms with Crippen molar-refractivity contribution in [3.05, 3.63) is 24.3 Å². The Kier molecular flexibility index (Phi) is 14.5. The largest absolute Gasteiger partial charge is 0.481 e. The minimum atomic E-state index is -0.693. The molecule has 3 heteroatoms. The third-order valence-electron chi connectivity index (χ3n) is 3.45. The Bertz CT molecular complexity index is 295. The Morgan fingerprint density at radius 2 is 1.71 bits per heavy atom. The molecule has 0 fully saturated rings. The fourth-order valence-corrected chi connectivity index (χ4v) is 2.14. The van der Waals surface area contributed by atoms with Gasteiger partial charge in [-0.25, -0.2) is 0 Å². The molecule has 122 valence electrons. The fourth-order valence-electron chi connectivity index (χ4n) is 2.14. The van der Waals surface area contributed by atoms with Gasteiger partial charge in [0, 0.05) is 6.42 Å². The molecule has 0 aliphatic rings. The molecular weight excluding hydrogens is 264 g/mol. The third kappa shape index (κ3) is 16.9. The van der Waals surface area contributed by atoms with Crippen molar-refractivity contribution in [2.45, 2.75) is 83.7 Å². The van der Waals surface area contributed by atoms with E-state index < -0.39 is 5.97 Å². The molecule has 0 bridgehead atoms. The number of rotatable bonds is 14. The molecule has 0 heterocycles. The predicted octanol–water partition coefficient (Wildman–Crippen LogP) is 4.86. The van der Waals surface area contributed by atoms with Crippen LogP contribution in [0.25, 0.3) is 0 Å². The molecule has 0 aromatic rings. The summed E-state index contributed by atoms with van der Waals surface area (Å²) >= 11 is 0. The first kappa shape index (κ1) is 19.9. The molecule has 0 saturated heterocycles. The second-order valence-electron chi connectivity index (χ2n) is 5.58. The summed E-state index contributed by atoms with van der Waals surface area (Å²) in [5.41, 5.74) is 0. The molecule has 0 radical (unpaired) electrons. The minimum Gasteiger partial charge on any atom is -0.481 e. The van der Waals surface area contributed by atoms with Crippen LogP contribution in [0.5, 0.6) is 0 Å². The lowest BCUT2D eigenvalue weighted by molar-refractivity contribution is -0.137. The van der Waals surface area contributed by atoms with Crippen LogP contribution in [-0.2, 0) is 4.79 Å². The van der Waals surface area contributed by atoms with Gasteiger partial charge >= 0.3 is 5.97 Å². The molecule has 3 nitrogen and oxygen atoms in total. The molecular formula is C18H32O3. The Labute approximate surface area is 129 Å². The zero-order valence-corrected chi connectivity index (χ0v) is 13.5. The lowest BCUT2D eigenvalue weighted by Gasteiger charge is -2.03. The van der Waals surface area contributed by atoms with E-state index in [4.69, 9.17) is 5.11 Å². The van der Waals surface area contributed by atoms with Gasteiger partial charge < -0.3 is 10.2 Å². The van der Waals surface area contributed by atoms with Crippen LogP contribution in [0.15, 0.2) is 24.3 Å². The van der Waals surface area contributed by atoms with E-state index in [1.807, 2.05) is 18.2 Å². The van der Waals surface area contributed by atoms with Gasteiger partial charge in [0.2, 0.25) is 0 Å². The number of hydrogen-bond donors (Lipinski definition) is 2. The minimum absolute atomic E-state index is 0.297. The monoisotopic (exact) mass is 296 g/mol. The number of carboxylic acid groups (broad SMARTS) is 1. The molecule has 0 aromatic carbocycles. The quantitative estimate of drug-likeness (QED) is 0.355. The average Bonchev–Trinajstić information content (AvgIpc) is 2.44. The molecule has 0 aliphatic carbocycles. The highest BCUT2D eigenvalue weighted by Crippen LogP contribution is 2.08. The van der Waals surface area contributed by atoms with Crippen molar-refractivity contribution in [1.29, 1.82) is 0 Å². The Hall–Kier alpha value is -1.09. The summed E-state index contributed by atoms with van der Waals surface area (Å²) in [5, 5.41) is 18.2. The van der Waals surface area contributed by atoms with E-state index >= 15 is 0 Å². The molecule has 0 spiro atoms. The van der Waals surface area contributed by atoms with E-state index in [1.165, 1.54) is 12.8 Å². The number of aliphatic hydroxyl groups excluding tert-OH is 1. The number of aliphatic carboxylic acids is 1. The molecule has 0 saturated carbocycles. The van der Waals surface area contributed by atoms with Gasteiger partial charge in [-0.2, -0.15) is 0 Å². The molecule has 21 heavy (non-hydrogen) atoms. The highest BCUT2D eigenvalue weighted by Gasteiger charge is 1.97. The topological polar surface area (TPSA) is 57.5 Å². The van der Waals surface area contributed by atoms with Crippen molar-refractivity contribution < 1.29 is 15.0 Å². The Morgan fingerprint density at radius 3 is 2.43 bits per heavy atom. The van der Waals surface area contributed by atoms with Crippen molar-refractivity contribution in [2.75, 3.05) is 0 Å². The zero-order chi connectivity index (χ0) is 15.8. The van der Waals surface area contributed by atoms with Crippen molar-refractivity contribution in [3.8, 4) is 0 Å². The van der Waals surface area contributed by atoms with Crippen LogP contribution in [-0.4, -0.2) is 22.3 Å². The van der Waals surface area contributed by atoms with Gasteiger partial charge in [0.25, 0.3) is 0 Å².